The average molecular weight is 220 g/mol. The van der Waals surface area contributed by atoms with Crippen molar-refractivity contribution in [3.8, 4) is 0 Å². The van der Waals surface area contributed by atoms with E-state index in [1.165, 1.54) is 0 Å². The third-order valence-corrected chi connectivity index (χ3v) is 1.18. The quantitative estimate of drug-likeness (QED) is 0.274. The van der Waals surface area contributed by atoms with Crippen LogP contribution in [-0.4, -0.2) is 23.9 Å². The van der Waals surface area contributed by atoms with Gasteiger partial charge in [0, 0.05) is 0 Å². The summed E-state index contributed by atoms with van der Waals surface area (Å²) in [6, 6.07) is 0. The number of hydrogen-bond donors (Lipinski definition) is 2. The van der Waals surface area contributed by atoms with Crippen molar-refractivity contribution in [3.63, 3.8) is 0 Å². The summed E-state index contributed by atoms with van der Waals surface area (Å²) >= 11 is 0. The number of carboxylic acids is 1. The monoisotopic (exact) mass is 220 g/mol. The van der Waals surface area contributed by atoms with Crippen molar-refractivity contribution in [3.05, 3.63) is 25.3 Å². The Bertz CT molecular complexity index is 268. The summed E-state index contributed by atoms with van der Waals surface area (Å²) in [5.74, 6) is -3.09. The maximum absolute atomic E-state index is 10.7. The minimum absolute atomic E-state index is 0. The van der Waals surface area contributed by atoms with Crippen molar-refractivity contribution in [1.82, 2.24) is 10.6 Å². The fraction of sp³-hybridized carbons (Fsp3) is 0.125. The Morgan fingerprint density at radius 3 is 1.60 bits per heavy atom. The number of nitrogens with one attached hydrogen (secondary N) is 2. The van der Waals surface area contributed by atoms with E-state index in [1.54, 1.807) is 0 Å². The molecule has 0 saturated heterocycles. The summed E-state index contributed by atoms with van der Waals surface area (Å²) in [5.41, 5.74) is 0. The first kappa shape index (κ1) is 16.3. The van der Waals surface area contributed by atoms with Crippen LogP contribution in [0.25, 0.3) is 0 Å². The average Bonchev–Trinajstić information content (AvgIpc) is 2.16. The largest absolute Gasteiger partial charge is 1.00 e. The molecule has 0 unspecified atom stereocenters. The van der Waals surface area contributed by atoms with Crippen molar-refractivity contribution in [2.45, 2.75) is 6.17 Å². The third-order valence-electron chi connectivity index (χ3n) is 1.18. The summed E-state index contributed by atoms with van der Waals surface area (Å²) in [7, 11) is 0. The topological polar surface area (TPSA) is 98.3 Å². The zero-order valence-corrected chi connectivity index (χ0v) is 10.3. The molecule has 0 aliphatic rings. The first-order valence-electron chi connectivity index (χ1n) is 3.58. The fourth-order valence-corrected chi connectivity index (χ4v) is 0.556. The molecule has 0 rings (SSSR count). The molecule has 0 aromatic heterocycles. The van der Waals surface area contributed by atoms with E-state index in [-0.39, 0.29) is 29.6 Å². The molecule has 0 aliphatic carbocycles. The number of hydrogen-bond acceptors (Lipinski definition) is 4. The SMILES string of the molecule is C=CC(=O)NC(NC(=O)C=C)C(=O)[O-].[Na+]. The molecule has 2 N–H and O–H groups in total. The fourth-order valence-electron chi connectivity index (χ4n) is 0.556. The van der Waals surface area contributed by atoms with Crippen LogP contribution in [0.3, 0.4) is 0 Å². The molecule has 0 heterocycles. The number of rotatable bonds is 5. The van der Waals surface area contributed by atoms with Gasteiger partial charge in [-0.15, -0.1) is 0 Å². The predicted octanol–water partition coefficient (Wildman–Crippen LogP) is -5.33. The van der Waals surface area contributed by atoms with Crippen LogP contribution in [0.4, 0.5) is 0 Å². The molecule has 76 valence electrons. The number of carbonyl (C=O) groups is 3. The second-order valence-electron chi connectivity index (χ2n) is 2.18. The smallest absolute Gasteiger partial charge is 0.546 e. The molecule has 0 saturated carbocycles. The van der Waals surface area contributed by atoms with Crippen LogP contribution in [0, 0.1) is 0 Å². The molecule has 2 amide bonds. The van der Waals surface area contributed by atoms with Crippen LogP contribution in [-0.2, 0) is 14.4 Å². The second-order valence-corrected chi connectivity index (χ2v) is 2.18. The summed E-state index contributed by atoms with van der Waals surface area (Å²) < 4.78 is 0. The van der Waals surface area contributed by atoms with Gasteiger partial charge in [0.05, 0.1) is 5.97 Å². The molecule has 0 radical (unpaired) electrons. The summed E-state index contributed by atoms with van der Waals surface area (Å²) in [4.78, 5) is 31.8. The first-order valence-corrected chi connectivity index (χ1v) is 3.58. The van der Waals surface area contributed by atoms with E-state index < -0.39 is 23.9 Å². The maximum Gasteiger partial charge on any atom is 1.00 e. The minimum atomic E-state index is -1.63. The van der Waals surface area contributed by atoms with Crippen LogP contribution in [0.15, 0.2) is 25.3 Å². The van der Waals surface area contributed by atoms with Crippen LogP contribution in [0.2, 0.25) is 0 Å². The minimum Gasteiger partial charge on any atom is -0.546 e. The molecule has 15 heavy (non-hydrogen) atoms. The van der Waals surface area contributed by atoms with Crippen molar-refractivity contribution >= 4 is 17.8 Å². The Morgan fingerprint density at radius 2 is 1.40 bits per heavy atom. The molecule has 0 aliphatic heterocycles. The van der Waals surface area contributed by atoms with E-state index in [0.29, 0.717) is 0 Å². The molecule has 0 bridgehead atoms. The summed E-state index contributed by atoms with van der Waals surface area (Å²) in [6.45, 7) is 6.23. The molecule has 0 atom stereocenters. The van der Waals surface area contributed by atoms with Gasteiger partial charge in [-0.3, -0.25) is 9.59 Å². The number of aliphatic carboxylic acids is 1. The third kappa shape index (κ3) is 6.89. The van der Waals surface area contributed by atoms with E-state index in [9.17, 15) is 19.5 Å². The van der Waals surface area contributed by atoms with E-state index >= 15 is 0 Å². The Morgan fingerprint density at radius 1 is 1.07 bits per heavy atom. The number of carbonyl (C=O) groups excluding carboxylic acids is 3. The van der Waals surface area contributed by atoms with Gasteiger partial charge < -0.3 is 20.5 Å². The van der Waals surface area contributed by atoms with E-state index in [2.05, 4.69) is 13.2 Å². The van der Waals surface area contributed by atoms with E-state index in [4.69, 9.17) is 0 Å². The van der Waals surface area contributed by atoms with Gasteiger partial charge in [0.2, 0.25) is 11.8 Å². The van der Waals surface area contributed by atoms with Crippen molar-refractivity contribution in [2.75, 3.05) is 0 Å². The standard InChI is InChI=1S/C8H10N2O4.Na/c1-3-5(11)9-7(8(13)14)10-6(12)4-2;/h3-4,7H,1-2H2,(H,9,11)(H,10,12)(H,13,14);/q;+1/p-1. The van der Waals surface area contributed by atoms with Gasteiger partial charge in [0.15, 0.2) is 0 Å². The molecule has 0 aromatic rings. The summed E-state index contributed by atoms with van der Waals surface area (Å²) in [5, 5.41) is 14.3. The molecule has 7 heteroatoms. The zero-order valence-electron chi connectivity index (χ0n) is 8.28. The normalized spacial score (nSPS) is 8.33. The summed E-state index contributed by atoms with van der Waals surface area (Å²) in [6.07, 6.45) is 0.150. The Balaban J connectivity index is 0. The van der Waals surface area contributed by atoms with Gasteiger partial charge in [-0.25, -0.2) is 0 Å². The van der Waals surface area contributed by atoms with Crippen LogP contribution < -0.4 is 45.3 Å². The van der Waals surface area contributed by atoms with Crippen molar-refractivity contribution in [2.24, 2.45) is 0 Å². The molecule has 0 spiro atoms. The van der Waals surface area contributed by atoms with E-state index in [1.807, 2.05) is 10.6 Å². The van der Waals surface area contributed by atoms with Gasteiger partial charge in [-0.05, 0) is 12.2 Å². The van der Waals surface area contributed by atoms with E-state index in [0.717, 1.165) is 12.2 Å². The zero-order chi connectivity index (χ0) is 11.1. The molecule has 6 nitrogen and oxygen atoms in total. The Kier molecular flexibility index (Phi) is 8.94. The predicted molar refractivity (Wildman–Crippen MR) is 45.5 cm³/mol. The molecular weight excluding hydrogens is 211 g/mol. The van der Waals surface area contributed by atoms with Gasteiger partial charge in [-0.2, -0.15) is 0 Å². The second kappa shape index (κ2) is 8.22. The van der Waals surface area contributed by atoms with Crippen LogP contribution in [0.5, 0.6) is 0 Å². The van der Waals surface area contributed by atoms with Gasteiger partial charge in [-0.1, -0.05) is 13.2 Å². The molecule has 0 aromatic carbocycles. The van der Waals surface area contributed by atoms with Crippen molar-refractivity contribution in [1.29, 1.82) is 0 Å². The van der Waals surface area contributed by atoms with Crippen LogP contribution in [0.1, 0.15) is 0 Å². The molecule has 0 fully saturated rings. The molecular formula is C8H9N2NaO4. The number of carboxylic acid groups (broad SMARTS) is 1. The van der Waals surface area contributed by atoms with Gasteiger partial charge >= 0.3 is 29.6 Å². The number of amides is 2. The van der Waals surface area contributed by atoms with Crippen LogP contribution >= 0.6 is 0 Å². The van der Waals surface area contributed by atoms with Crippen molar-refractivity contribution < 1.29 is 49.0 Å². The Labute approximate surface area is 109 Å². The maximum atomic E-state index is 10.7. The van der Waals surface area contributed by atoms with Gasteiger partial charge in [0.1, 0.15) is 6.17 Å². The Hall–Kier alpha value is -1.11. The first-order chi connectivity index (χ1) is 6.51. The van der Waals surface area contributed by atoms with Gasteiger partial charge in [0.25, 0.3) is 0 Å².